The van der Waals surface area contributed by atoms with Crippen molar-refractivity contribution < 1.29 is 9.84 Å². The van der Waals surface area contributed by atoms with Gasteiger partial charge in [0, 0.05) is 13.0 Å². The summed E-state index contributed by atoms with van der Waals surface area (Å²) < 4.78 is 5.50. The summed E-state index contributed by atoms with van der Waals surface area (Å²) in [5.41, 5.74) is -0.000579. The minimum absolute atomic E-state index is 0.000579. The van der Waals surface area contributed by atoms with Crippen LogP contribution in [-0.4, -0.2) is 36.5 Å². The van der Waals surface area contributed by atoms with Gasteiger partial charge in [-0.05, 0) is 13.0 Å². The van der Waals surface area contributed by atoms with Crippen LogP contribution < -0.4 is 5.32 Å². The van der Waals surface area contributed by atoms with Crippen LogP contribution in [-0.2, 0) is 4.74 Å². The summed E-state index contributed by atoms with van der Waals surface area (Å²) in [6.07, 6.45) is 1.66. The maximum Gasteiger partial charge on any atom is 0.0845 e. The van der Waals surface area contributed by atoms with Gasteiger partial charge >= 0.3 is 0 Å². The van der Waals surface area contributed by atoms with Crippen LogP contribution in [0.15, 0.2) is 0 Å². The van der Waals surface area contributed by atoms with Crippen LogP contribution in [0.5, 0.6) is 0 Å². The average Bonchev–Trinajstić information content (AvgIpc) is 2.46. The first-order chi connectivity index (χ1) is 4.81. The van der Waals surface area contributed by atoms with E-state index in [0.29, 0.717) is 6.61 Å². The second-order valence-corrected chi connectivity index (χ2v) is 3.28. The highest BCUT2D eigenvalue weighted by Crippen LogP contribution is 2.31. The number of hydrogen-bond acceptors (Lipinski definition) is 3. The van der Waals surface area contributed by atoms with Crippen molar-refractivity contribution in [3.8, 4) is 0 Å². The molecule has 10 heavy (non-hydrogen) atoms. The zero-order chi connectivity index (χ0) is 7.03. The second kappa shape index (κ2) is 2.19. The molecule has 2 aliphatic rings. The van der Waals surface area contributed by atoms with Crippen LogP contribution in [0, 0.1) is 0 Å². The van der Waals surface area contributed by atoms with E-state index in [1.54, 1.807) is 0 Å². The Morgan fingerprint density at radius 3 is 3.00 bits per heavy atom. The Kier molecular flexibility index (Phi) is 1.44. The van der Waals surface area contributed by atoms with Crippen LogP contribution in [0.1, 0.15) is 12.8 Å². The van der Waals surface area contributed by atoms with Crippen molar-refractivity contribution in [3.63, 3.8) is 0 Å². The highest BCUT2D eigenvalue weighted by Gasteiger charge is 2.41. The molecule has 2 N–H and O–H groups in total. The fraction of sp³-hybridized carbons (Fsp3) is 1.00. The normalized spacial score (nSPS) is 47.1. The van der Waals surface area contributed by atoms with Crippen LogP contribution in [0.4, 0.5) is 0 Å². The molecule has 0 bridgehead atoms. The molecular formula is C7H13NO2. The number of aliphatic hydroxyl groups excluding tert-OH is 1. The van der Waals surface area contributed by atoms with E-state index in [4.69, 9.17) is 4.74 Å². The molecule has 0 amide bonds. The minimum atomic E-state index is -0.222. The van der Waals surface area contributed by atoms with Crippen molar-refractivity contribution in [2.24, 2.45) is 0 Å². The van der Waals surface area contributed by atoms with Gasteiger partial charge in [-0.2, -0.15) is 0 Å². The number of aliphatic hydroxyl groups is 1. The summed E-state index contributed by atoms with van der Waals surface area (Å²) in [5, 5.41) is 12.4. The molecule has 3 heteroatoms. The molecule has 2 rings (SSSR count). The summed E-state index contributed by atoms with van der Waals surface area (Å²) >= 11 is 0. The molecule has 2 saturated heterocycles. The topological polar surface area (TPSA) is 41.5 Å². The van der Waals surface area contributed by atoms with E-state index in [-0.39, 0.29) is 11.7 Å². The van der Waals surface area contributed by atoms with E-state index in [1.807, 2.05) is 0 Å². The van der Waals surface area contributed by atoms with Crippen molar-refractivity contribution in [2.45, 2.75) is 24.5 Å². The van der Waals surface area contributed by atoms with E-state index in [1.165, 1.54) is 0 Å². The lowest BCUT2D eigenvalue weighted by Crippen LogP contribution is -2.30. The number of rotatable bonds is 0. The maximum atomic E-state index is 9.20. The predicted molar refractivity (Wildman–Crippen MR) is 36.8 cm³/mol. The van der Waals surface area contributed by atoms with Crippen LogP contribution >= 0.6 is 0 Å². The average molecular weight is 143 g/mol. The lowest BCUT2D eigenvalue weighted by Gasteiger charge is -2.19. The summed E-state index contributed by atoms with van der Waals surface area (Å²) in [7, 11) is 0. The van der Waals surface area contributed by atoms with Crippen molar-refractivity contribution in [1.29, 1.82) is 0 Å². The minimum Gasteiger partial charge on any atom is -0.391 e. The van der Waals surface area contributed by atoms with Crippen molar-refractivity contribution in [3.05, 3.63) is 0 Å². The number of ether oxygens (including phenoxy) is 1. The van der Waals surface area contributed by atoms with Gasteiger partial charge in [-0.15, -0.1) is 0 Å². The highest BCUT2D eigenvalue weighted by molar-refractivity contribution is 4.95. The summed E-state index contributed by atoms with van der Waals surface area (Å²) in [6, 6.07) is 0. The largest absolute Gasteiger partial charge is 0.391 e. The van der Waals surface area contributed by atoms with Gasteiger partial charge in [0.15, 0.2) is 0 Å². The Morgan fingerprint density at radius 1 is 1.60 bits per heavy atom. The fourth-order valence-corrected chi connectivity index (χ4v) is 1.84. The van der Waals surface area contributed by atoms with Gasteiger partial charge in [0.25, 0.3) is 0 Å². The fourth-order valence-electron chi connectivity index (χ4n) is 1.84. The van der Waals surface area contributed by atoms with Crippen molar-refractivity contribution in [1.82, 2.24) is 5.32 Å². The molecule has 0 saturated carbocycles. The van der Waals surface area contributed by atoms with Gasteiger partial charge in [-0.1, -0.05) is 0 Å². The summed E-state index contributed by atoms with van der Waals surface area (Å²) in [4.78, 5) is 0. The second-order valence-electron chi connectivity index (χ2n) is 3.28. The summed E-state index contributed by atoms with van der Waals surface area (Å²) in [6.45, 7) is 2.48. The molecule has 2 fully saturated rings. The monoisotopic (exact) mass is 143 g/mol. The first-order valence-electron chi connectivity index (χ1n) is 3.84. The molecule has 0 radical (unpaired) electrons. The number of hydrogen-bond donors (Lipinski definition) is 2. The van der Waals surface area contributed by atoms with E-state index in [0.717, 1.165) is 25.9 Å². The Hall–Kier alpha value is -0.120. The van der Waals surface area contributed by atoms with Crippen molar-refractivity contribution >= 4 is 0 Å². The van der Waals surface area contributed by atoms with Crippen LogP contribution in [0.3, 0.4) is 0 Å². The lowest BCUT2D eigenvalue weighted by molar-refractivity contribution is 0.0172. The molecular weight excluding hydrogens is 130 g/mol. The molecule has 0 aromatic rings. The number of nitrogens with one attached hydrogen (secondary N) is 1. The van der Waals surface area contributed by atoms with Gasteiger partial charge in [-0.25, -0.2) is 0 Å². The molecule has 0 aliphatic carbocycles. The van der Waals surface area contributed by atoms with Gasteiger partial charge in [-0.3, -0.25) is 0 Å². The SMILES string of the molecule is O[C@@H]1CO[C@@]2(CCNC2)C1. The Balaban J connectivity index is 2.03. The first kappa shape index (κ1) is 6.58. The Morgan fingerprint density at radius 2 is 2.50 bits per heavy atom. The van der Waals surface area contributed by atoms with Crippen LogP contribution in [0.2, 0.25) is 0 Å². The van der Waals surface area contributed by atoms with Crippen molar-refractivity contribution in [2.75, 3.05) is 19.7 Å². The molecule has 0 unspecified atom stereocenters. The predicted octanol–water partition coefficient (Wildman–Crippen LogP) is -0.500. The zero-order valence-corrected chi connectivity index (χ0v) is 5.97. The molecule has 0 aromatic heterocycles. The third-order valence-electron chi connectivity index (χ3n) is 2.39. The molecule has 58 valence electrons. The molecule has 2 heterocycles. The third kappa shape index (κ3) is 0.944. The molecule has 3 nitrogen and oxygen atoms in total. The van der Waals surface area contributed by atoms with Gasteiger partial charge in [0.2, 0.25) is 0 Å². The standard InChI is InChI=1S/C7H13NO2/c9-6-3-7(10-4-6)1-2-8-5-7/h6,8-9H,1-5H2/t6-,7-/m0/s1. The van der Waals surface area contributed by atoms with Gasteiger partial charge < -0.3 is 15.2 Å². The summed E-state index contributed by atoms with van der Waals surface area (Å²) in [5.74, 6) is 0. The molecule has 1 spiro atoms. The van der Waals surface area contributed by atoms with E-state index < -0.39 is 0 Å². The zero-order valence-electron chi connectivity index (χ0n) is 5.97. The van der Waals surface area contributed by atoms with Crippen LogP contribution in [0.25, 0.3) is 0 Å². The quantitative estimate of drug-likeness (QED) is 0.480. The van der Waals surface area contributed by atoms with Gasteiger partial charge in [0.05, 0.1) is 18.3 Å². The maximum absolute atomic E-state index is 9.20. The van der Waals surface area contributed by atoms with E-state index in [9.17, 15) is 5.11 Å². The Bertz CT molecular complexity index is 132. The van der Waals surface area contributed by atoms with E-state index in [2.05, 4.69) is 5.32 Å². The highest BCUT2D eigenvalue weighted by atomic mass is 16.5. The third-order valence-corrected chi connectivity index (χ3v) is 2.39. The molecule has 0 aromatic carbocycles. The van der Waals surface area contributed by atoms with E-state index >= 15 is 0 Å². The Labute approximate surface area is 60.4 Å². The smallest absolute Gasteiger partial charge is 0.0845 e. The molecule has 2 aliphatic heterocycles. The van der Waals surface area contributed by atoms with Gasteiger partial charge in [0.1, 0.15) is 0 Å². The first-order valence-corrected chi connectivity index (χ1v) is 3.84. The lowest BCUT2D eigenvalue weighted by atomic mass is 9.99. The molecule has 2 atom stereocenters.